The lowest BCUT2D eigenvalue weighted by molar-refractivity contribution is 0.126. The lowest BCUT2D eigenvalue weighted by Crippen LogP contribution is -2.52. The summed E-state index contributed by atoms with van der Waals surface area (Å²) in [5, 5.41) is 9.86. The number of rotatable bonds is 1. The van der Waals surface area contributed by atoms with Crippen LogP contribution >= 0.6 is 0 Å². The number of aryl methyl sites for hydroxylation is 2. The van der Waals surface area contributed by atoms with Gasteiger partial charge in [-0.3, -0.25) is 0 Å². The van der Waals surface area contributed by atoms with Crippen LogP contribution in [0.3, 0.4) is 0 Å². The van der Waals surface area contributed by atoms with Crippen LogP contribution in [-0.4, -0.2) is 23.3 Å². The maximum atomic E-state index is 9.86. The van der Waals surface area contributed by atoms with Crippen LogP contribution in [-0.2, 0) is 0 Å². The molecule has 1 aliphatic rings. The number of aliphatic hydroxyl groups excluding tert-OH is 1. The molecule has 0 bridgehead atoms. The highest BCUT2D eigenvalue weighted by atomic mass is 16.3. The van der Waals surface area contributed by atoms with Gasteiger partial charge in [0.15, 0.2) is 0 Å². The van der Waals surface area contributed by atoms with Gasteiger partial charge in [-0.1, -0.05) is 6.07 Å². The monoisotopic (exact) mass is 233 g/mol. The van der Waals surface area contributed by atoms with E-state index in [1.54, 1.807) is 0 Å². The van der Waals surface area contributed by atoms with Gasteiger partial charge in [-0.05, 0) is 63.8 Å². The Kier molecular flexibility index (Phi) is 3.17. The summed E-state index contributed by atoms with van der Waals surface area (Å²) in [6, 6.07) is 6.57. The maximum absolute atomic E-state index is 9.86. The molecule has 1 aliphatic heterocycles. The summed E-state index contributed by atoms with van der Waals surface area (Å²) in [5.41, 5.74) is 4.01. The first-order valence-electron chi connectivity index (χ1n) is 6.43. The third-order valence-corrected chi connectivity index (χ3v) is 4.02. The van der Waals surface area contributed by atoms with Crippen molar-refractivity contribution >= 4 is 5.69 Å². The number of anilines is 1. The molecule has 1 heterocycles. The van der Waals surface area contributed by atoms with Crippen molar-refractivity contribution in [3.05, 3.63) is 29.3 Å². The molecule has 2 heteroatoms. The predicted molar refractivity (Wildman–Crippen MR) is 72.6 cm³/mol. The van der Waals surface area contributed by atoms with E-state index in [2.05, 4.69) is 50.8 Å². The molecule has 0 saturated carbocycles. The van der Waals surface area contributed by atoms with Crippen LogP contribution in [0.4, 0.5) is 5.69 Å². The highest BCUT2D eigenvalue weighted by Gasteiger charge is 2.33. The lowest BCUT2D eigenvalue weighted by Gasteiger charge is -2.46. The average molecular weight is 233 g/mol. The highest BCUT2D eigenvalue weighted by Crippen LogP contribution is 2.33. The molecule has 0 aromatic heterocycles. The van der Waals surface area contributed by atoms with Gasteiger partial charge in [0.25, 0.3) is 0 Å². The Labute approximate surface area is 104 Å². The number of aliphatic hydroxyl groups is 1. The van der Waals surface area contributed by atoms with Gasteiger partial charge in [-0.15, -0.1) is 0 Å². The second-order valence-corrected chi connectivity index (χ2v) is 5.88. The summed E-state index contributed by atoms with van der Waals surface area (Å²) in [6.07, 6.45) is 1.76. The van der Waals surface area contributed by atoms with Crippen molar-refractivity contribution in [1.29, 1.82) is 0 Å². The molecule has 1 unspecified atom stereocenters. The summed E-state index contributed by atoms with van der Waals surface area (Å²) >= 11 is 0. The molecule has 17 heavy (non-hydrogen) atoms. The summed E-state index contributed by atoms with van der Waals surface area (Å²) < 4.78 is 0. The Morgan fingerprint density at radius 3 is 2.59 bits per heavy atom. The van der Waals surface area contributed by atoms with E-state index in [0.717, 1.165) is 19.4 Å². The fourth-order valence-corrected chi connectivity index (χ4v) is 2.55. The Bertz CT molecular complexity index is 411. The fourth-order valence-electron chi connectivity index (χ4n) is 2.55. The van der Waals surface area contributed by atoms with E-state index >= 15 is 0 Å². The predicted octanol–water partition coefficient (Wildman–Crippen LogP) is 3.04. The normalized spacial score (nSPS) is 23.8. The number of nitrogens with zero attached hydrogens (tertiary/aromatic N) is 1. The molecule has 1 saturated heterocycles. The number of hydrogen-bond acceptors (Lipinski definition) is 2. The minimum atomic E-state index is -0.190. The van der Waals surface area contributed by atoms with Crippen molar-refractivity contribution in [3.63, 3.8) is 0 Å². The molecule has 0 amide bonds. The van der Waals surface area contributed by atoms with Crippen LogP contribution in [0.5, 0.6) is 0 Å². The Balaban J connectivity index is 2.33. The van der Waals surface area contributed by atoms with E-state index in [-0.39, 0.29) is 11.6 Å². The van der Waals surface area contributed by atoms with Gasteiger partial charge in [0, 0.05) is 17.8 Å². The van der Waals surface area contributed by atoms with Gasteiger partial charge in [0.05, 0.1) is 6.10 Å². The van der Waals surface area contributed by atoms with Crippen molar-refractivity contribution in [2.75, 3.05) is 11.4 Å². The standard InChI is InChI=1S/C15H23NO/c1-11-5-6-13(9-12(11)2)16-10-14(17)7-8-15(16,3)4/h5-6,9,14,17H,7-8,10H2,1-4H3. The molecule has 0 spiro atoms. The molecular weight excluding hydrogens is 210 g/mol. The fraction of sp³-hybridized carbons (Fsp3) is 0.600. The van der Waals surface area contributed by atoms with Gasteiger partial charge in [0.1, 0.15) is 0 Å². The topological polar surface area (TPSA) is 23.5 Å². The number of hydrogen-bond donors (Lipinski definition) is 1. The van der Waals surface area contributed by atoms with E-state index in [9.17, 15) is 5.11 Å². The molecule has 1 aromatic rings. The molecule has 1 fully saturated rings. The van der Waals surface area contributed by atoms with Crippen molar-refractivity contribution in [3.8, 4) is 0 Å². The van der Waals surface area contributed by atoms with E-state index in [1.807, 2.05) is 0 Å². The maximum Gasteiger partial charge on any atom is 0.0716 e. The summed E-state index contributed by atoms with van der Waals surface area (Å²) in [4.78, 5) is 2.34. The second-order valence-electron chi connectivity index (χ2n) is 5.88. The zero-order valence-electron chi connectivity index (χ0n) is 11.3. The van der Waals surface area contributed by atoms with Gasteiger partial charge < -0.3 is 10.0 Å². The van der Waals surface area contributed by atoms with Crippen molar-refractivity contribution < 1.29 is 5.11 Å². The molecule has 1 aromatic carbocycles. The first-order valence-corrected chi connectivity index (χ1v) is 6.43. The Morgan fingerprint density at radius 2 is 1.94 bits per heavy atom. The van der Waals surface area contributed by atoms with E-state index < -0.39 is 0 Å². The van der Waals surface area contributed by atoms with Gasteiger partial charge in [-0.2, -0.15) is 0 Å². The van der Waals surface area contributed by atoms with Crippen molar-refractivity contribution in [1.82, 2.24) is 0 Å². The average Bonchev–Trinajstić information content (AvgIpc) is 2.26. The van der Waals surface area contributed by atoms with E-state index in [4.69, 9.17) is 0 Å². The molecule has 2 rings (SSSR count). The first kappa shape index (κ1) is 12.4. The minimum Gasteiger partial charge on any atom is -0.391 e. The third-order valence-electron chi connectivity index (χ3n) is 4.02. The summed E-state index contributed by atoms with van der Waals surface area (Å²) in [7, 11) is 0. The van der Waals surface area contributed by atoms with Gasteiger partial charge >= 0.3 is 0 Å². The zero-order chi connectivity index (χ0) is 12.6. The minimum absolute atomic E-state index is 0.140. The van der Waals surface area contributed by atoms with Crippen LogP contribution in [0.1, 0.15) is 37.8 Å². The molecule has 1 N–H and O–H groups in total. The molecule has 94 valence electrons. The summed E-state index contributed by atoms with van der Waals surface area (Å²) in [5.74, 6) is 0. The number of benzene rings is 1. The number of piperidine rings is 1. The van der Waals surface area contributed by atoms with Crippen LogP contribution in [0.25, 0.3) is 0 Å². The third kappa shape index (κ3) is 2.47. The van der Waals surface area contributed by atoms with Gasteiger partial charge in [-0.25, -0.2) is 0 Å². The van der Waals surface area contributed by atoms with Crippen molar-refractivity contribution in [2.45, 2.75) is 52.2 Å². The second kappa shape index (κ2) is 4.34. The van der Waals surface area contributed by atoms with Crippen LogP contribution in [0.2, 0.25) is 0 Å². The molecular formula is C15H23NO. The zero-order valence-corrected chi connectivity index (χ0v) is 11.3. The van der Waals surface area contributed by atoms with Crippen LogP contribution in [0.15, 0.2) is 18.2 Å². The number of β-amino-alcohol motifs (C(OH)–C–C–N with tert-alkyl or cyclic N) is 1. The molecule has 1 atom stereocenters. The van der Waals surface area contributed by atoms with Crippen molar-refractivity contribution in [2.24, 2.45) is 0 Å². The quantitative estimate of drug-likeness (QED) is 0.806. The van der Waals surface area contributed by atoms with Gasteiger partial charge in [0.2, 0.25) is 0 Å². The SMILES string of the molecule is Cc1ccc(N2CC(O)CCC2(C)C)cc1C. The molecule has 0 radical (unpaired) electrons. The van der Waals surface area contributed by atoms with E-state index in [1.165, 1.54) is 16.8 Å². The highest BCUT2D eigenvalue weighted by molar-refractivity contribution is 5.53. The van der Waals surface area contributed by atoms with Crippen LogP contribution < -0.4 is 4.90 Å². The Morgan fingerprint density at radius 1 is 1.24 bits per heavy atom. The largest absolute Gasteiger partial charge is 0.391 e. The smallest absolute Gasteiger partial charge is 0.0716 e. The Hall–Kier alpha value is -1.02. The van der Waals surface area contributed by atoms with Crippen LogP contribution in [0, 0.1) is 13.8 Å². The lowest BCUT2D eigenvalue weighted by atomic mass is 9.88. The first-order chi connectivity index (χ1) is 7.90. The van der Waals surface area contributed by atoms with E-state index in [0.29, 0.717) is 0 Å². The molecule has 2 nitrogen and oxygen atoms in total. The molecule has 0 aliphatic carbocycles. The summed E-state index contributed by atoms with van der Waals surface area (Å²) in [6.45, 7) is 9.54.